The first kappa shape index (κ1) is 16.7. The Morgan fingerprint density at radius 1 is 1.10 bits per heavy atom. The molecule has 0 aliphatic carbocycles. The monoisotopic (exact) mass is 276 g/mol. The Balaban J connectivity index is 2.42. The van der Waals surface area contributed by atoms with E-state index >= 15 is 0 Å². The van der Waals surface area contributed by atoms with E-state index in [0.717, 1.165) is 12.0 Å². The smallest absolute Gasteiger partial charge is 0.220 e. The fraction of sp³-hybridized carbons (Fsp3) is 0.588. The van der Waals surface area contributed by atoms with Crippen LogP contribution in [-0.4, -0.2) is 12.5 Å². The van der Waals surface area contributed by atoms with Crippen LogP contribution < -0.4 is 11.1 Å². The molecule has 1 atom stereocenters. The lowest BCUT2D eigenvalue weighted by Gasteiger charge is -2.15. The summed E-state index contributed by atoms with van der Waals surface area (Å²) in [6.07, 6.45) is 1.50. The summed E-state index contributed by atoms with van der Waals surface area (Å²) in [4.78, 5) is 11.7. The Bertz CT molecular complexity index is 410. The SMILES string of the molecule is CC(C)CCC(=O)NCC(N)c1ccc(C(C)C)cc1. The summed E-state index contributed by atoms with van der Waals surface area (Å²) in [5, 5.41) is 2.91. The maximum Gasteiger partial charge on any atom is 0.220 e. The first-order valence-electron chi connectivity index (χ1n) is 7.52. The fourth-order valence-electron chi connectivity index (χ4n) is 1.98. The molecule has 0 saturated heterocycles. The normalized spacial score (nSPS) is 12.8. The van der Waals surface area contributed by atoms with Gasteiger partial charge in [-0.25, -0.2) is 0 Å². The highest BCUT2D eigenvalue weighted by atomic mass is 16.1. The van der Waals surface area contributed by atoms with Crippen LogP contribution in [0.4, 0.5) is 0 Å². The lowest BCUT2D eigenvalue weighted by atomic mass is 9.99. The van der Waals surface area contributed by atoms with Crippen LogP contribution in [-0.2, 0) is 4.79 Å². The molecule has 1 aromatic rings. The number of amides is 1. The number of nitrogens with two attached hydrogens (primary N) is 1. The predicted octanol–water partition coefficient (Wildman–Crippen LogP) is 3.36. The molecule has 1 rings (SSSR count). The van der Waals surface area contributed by atoms with Gasteiger partial charge in [0, 0.05) is 19.0 Å². The molecule has 3 heteroatoms. The third-order valence-electron chi connectivity index (χ3n) is 3.50. The number of carbonyl (C=O) groups excluding carboxylic acids is 1. The van der Waals surface area contributed by atoms with Gasteiger partial charge in [-0.2, -0.15) is 0 Å². The number of benzene rings is 1. The zero-order valence-electron chi connectivity index (χ0n) is 13.1. The Morgan fingerprint density at radius 2 is 1.65 bits per heavy atom. The second-order valence-corrected chi connectivity index (χ2v) is 6.16. The molecule has 3 nitrogen and oxygen atoms in total. The molecular formula is C17H28N2O. The van der Waals surface area contributed by atoms with E-state index < -0.39 is 0 Å². The molecule has 1 amide bonds. The molecule has 0 bridgehead atoms. The molecule has 1 unspecified atom stereocenters. The minimum Gasteiger partial charge on any atom is -0.354 e. The van der Waals surface area contributed by atoms with E-state index in [1.54, 1.807) is 0 Å². The zero-order chi connectivity index (χ0) is 15.1. The minimum absolute atomic E-state index is 0.0907. The zero-order valence-corrected chi connectivity index (χ0v) is 13.1. The van der Waals surface area contributed by atoms with Crippen molar-refractivity contribution < 1.29 is 4.79 Å². The Morgan fingerprint density at radius 3 is 2.15 bits per heavy atom. The highest BCUT2D eigenvalue weighted by Gasteiger charge is 2.09. The van der Waals surface area contributed by atoms with Crippen LogP contribution in [0.2, 0.25) is 0 Å². The number of nitrogens with one attached hydrogen (secondary N) is 1. The average Bonchev–Trinajstić information content (AvgIpc) is 2.42. The number of rotatable bonds is 7. The van der Waals surface area contributed by atoms with Crippen molar-refractivity contribution in [3.05, 3.63) is 35.4 Å². The molecule has 0 aliphatic rings. The van der Waals surface area contributed by atoms with Gasteiger partial charge in [-0.1, -0.05) is 52.0 Å². The molecule has 112 valence electrons. The molecule has 20 heavy (non-hydrogen) atoms. The second kappa shape index (κ2) is 8.05. The highest BCUT2D eigenvalue weighted by molar-refractivity contribution is 5.75. The Hall–Kier alpha value is -1.35. The van der Waals surface area contributed by atoms with Crippen LogP contribution >= 0.6 is 0 Å². The molecule has 0 aliphatic heterocycles. The van der Waals surface area contributed by atoms with Crippen LogP contribution in [0.3, 0.4) is 0 Å². The van der Waals surface area contributed by atoms with Crippen molar-refractivity contribution in [2.24, 2.45) is 11.7 Å². The number of hydrogen-bond acceptors (Lipinski definition) is 2. The van der Waals surface area contributed by atoms with Gasteiger partial charge in [0.25, 0.3) is 0 Å². The van der Waals surface area contributed by atoms with E-state index in [-0.39, 0.29) is 11.9 Å². The summed E-state index contributed by atoms with van der Waals surface area (Å²) in [7, 11) is 0. The maximum atomic E-state index is 11.7. The van der Waals surface area contributed by atoms with Gasteiger partial charge in [-0.3, -0.25) is 4.79 Å². The van der Waals surface area contributed by atoms with Crippen molar-refractivity contribution in [1.82, 2.24) is 5.32 Å². The van der Waals surface area contributed by atoms with Gasteiger partial charge in [0.2, 0.25) is 5.91 Å². The van der Waals surface area contributed by atoms with Crippen LogP contribution in [0, 0.1) is 5.92 Å². The molecule has 0 fully saturated rings. The number of hydrogen-bond donors (Lipinski definition) is 2. The molecule has 0 radical (unpaired) electrons. The van der Waals surface area contributed by atoms with Crippen LogP contribution in [0.15, 0.2) is 24.3 Å². The minimum atomic E-state index is -0.140. The third kappa shape index (κ3) is 5.74. The standard InChI is InChI=1S/C17H28N2O/c1-12(2)5-10-17(20)19-11-16(18)15-8-6-14(7-9-15)13(3)4/h6-9,12-13,16H,5,10-11,18H2,1-4H3,(H,19,20). The Kier molecular flexibility index (Phi) is 6.73. The van der Waals surface area contributed by atoms with E-state index in [0.29, 0.717) is 24.8 Å². The van der Waals surface area contributed by atoms with Crippen molar-refractivity contribution in [2.75, 3.05) is 6.54 Å². The van der Waals surface area contributed by atoms with E-state index in [4.69, 9.17) is 5.73 Å². The van der Waals surface area contributed by atoms with Crippen LogP contribution in [0.1, 0.15) is 63.6 Å². The van der Waals surface area contributed by atoms with Gasteiger partial charge < -0.3 is 11.1 Å². The van der Waals surface area contributed by atoms with E-state index in [9.17, 15) is 4.79 Å². The predicted molar refractivity (Wildman–Crippen MR) is 84.5 cm³/mol. The topological polar surface area (TPSA) is 55.1 Å². The first-order chi connectivity index (χ1) is 9.40. The summed E-state index contributed by atoms with van der Waals surface area (Å²) >= 11 is 0. The van der Waals surface area contributed by atoms with Gasteiger partial charge in [0.05, 0.1) is 0 Å². The molecule has 0 spiro atoms. The van der Waals surface area contributed by atoms with Crippen molar-refractivity contribution in [1.29, 1.82) is 0 Å². The molecule has 0 heterocycles. The highest BCUT2D eigenvalue weighted by Crippen LogP contribution is 2.17. The molecule has 0 aromatic heterocycles. The largest absolute Gasteiger partial charge is 0.354 e. The lowest BCUT2D eigenvalue weighted by molar-refractivity contribution is -0.121. The molecule has 1 aromatic carbocycles. The lowest BCUT2D eigenvalue weighted by Crippen LogP contribution is -2.31. The average molecular weight is 276 g/mol. The number of carbonyl (C=O) groups is 1. The van der Waals surface area contributed by atoms with E-state index in [1.807, 2.05) is 0 Å². The van der Waals surface area contributed by atoms with Crippen LogP contribution in [0.25, 0.3) is 0 Å². The van der Waals surface area contributed by atoms with Gasteiger partial charge in [0.15, 0.2) is 0 Å². The second-order valence-electron chi connectivity index (χ2n) is 6.16. The van der Waals surface area contributed by atoms with Crippen molar-refractivity contribution in [2.45, 2.75) is 52.5 Å². The Labute approximate surface area is 122 Å². The van der Waals surface area contributed by atoms with Gasteiger partial charge >= 0.3 is 0 Å². The summed E-state index contributed by atoms with van der Waals surface area (Å²) in [6, 6.07) is 8.20. The molecule has 3 N–H and O–H groups in total. The molecular weight excluding hydrogens is 248 g/mol. The summed E-state index contributed by atoms with van der Waals surface area (Å²) < 4.78 is 0. The van der Waals surface area contributed by atoms with Crippen molar-refractivity contribution in [3.63, 3.8) is 0 Å². The third-order valence-corrected chi connectivity index (χ3v) is 3.50. The summed E-state index contributed by atoms with van der Waals surface area (Å²) in [5.41, 5.74) is 8.49. The first-order valence-corrected chi connectivity index (χ1v) is 7.52. The van der Waals surface area contributed by atoms with E-state index in [2.05, 4.69) is 57.3 Å². The summed E-state index contributed by atoms with van der Waals surface area (Å²) in [6.45, 7) is 9.08. The maximum absolute atomic E-state index is 11.7. The molecule has 0 saturated carbocycles. The quantitative estimate of drug-likeness (QED) is 0.802. The fourth-order valence-corrected chi connectivity index (χ4v) is 1.98. The van der Waals surface area contributed by atoms with E-state index in [1.165, 1.54) is 5.56 Å². The van der Waals surface area contributed by atoms with Crippen molar-refractivity contribution in [3.8, 4) is 0 Å². The van der Waals surface area contributed by atoms with Crippen molar-refractivity contribution >= 4 is 5.91 Å². The van der Waals surface area contributed by atoms with Gasteiger partial charge in [-0.15, -0.1) is 0 Å². The summed E-state index contributed by atoms with van der Waals surface area (Å²) in [5.74, 6) is 1.17. The van der Waals surface area contributed by atoms with Gasteiger partial charge in [0.1, 0.15) is 0 Å². The van der Waals surface area contributed by atoms with Gasteiger partial charge in [-0.05, 0) is 29.4 Å². The van der Waals surface area contributed by atoms with Crippen LogP contribution in [0.5, 0.6) is 0 Å².